The van der Waals surface area contributed by atoms with Gasteiger partial charge in [-0.25, -0.2) is 4.79 Å². The van der Waals surface area contributed by atoms with Gasteiger partial charge >= 0.3 is 11.7 Å². The Hall–Kier alpha value is -2.83. The molecule has 0 radical (unpaired) electrons. The average Bonchev–Trinajstić information content (AvgIpc) is 2.55. The van der Waals surface area contributed by atoms with Crippen LogP contribution >= 0.6 is 0 Å². The standard InChI is InChI=1S/C16H17N3O4/c20-14-7-10-19(16(23)17-14)13-3-1-12(2-4-13)18-8-5-11(6-9-18)15(21)22/h1-4,7,10-11H,5-6,8-9H2,(H,21,22)(H,17,20,23). The summed E-state index contributed by atoms with van der Waals surface area (Å²) in [5.41, 5.74) is 0.752. The molecular formula is C16H17N3O4. The molecule has 0 saturated carbocycles. The van der Waals surface area contributed by atoms with E-state index in [4.69, 9.17) is 5.11 Å². The Morgan fingerprint density at radius 2 is 1.65 bits per heavy atom. The number of nitrogens with zero attached hydrogens (tertiary/aromatic N) is 2. The molecule has 0 amide bonds. The molecule has 1 aromatic carbocycles. The van der Waals surface area contributed by atoms with E-state index in [2.05, 4.69) is 9.88 Å². The van der Waals surface area contributed by atoms with E-state index in [-0.39, 0.29) is 5.92 Å². The molecule has 1 aliphatic rings. The van der Waals surface area contributed by atoms with Gasteiger partial charge in [0.25, 0.3) is 5.56 Å². The normalized spacial score (nSPS) is 15.6. The summed E-state index contributed by atoms with van der Waals surface area (Å²) in [5.74, 6) is -0.984. The van der Waals surface area contributed by atoms with E-state index in [0.717, 1.165) is 5.69 Å². The maximum absolute atomic E-state index is 11.8. The van der Waals surface area contributed by atoms with Gasteiger partial charge in [-0.05, 0) is 37.1 Å². The third-order valence-electron chi connectivity index (χ3n) is 4.16. The van der Waals surface area contributed by atoms with Gasteiger partial charge in [0.05, 0.1) is 11.6 Å². The molecule has 0 spiro atoms. The van der Waals surface area contributed by atoms with E-state index in [1.165, 1.54) is 16.8 Å². The third kappa shape index (κ3) is 3.18. The molecule has 2 aromatic rings. The van der Waals surface area contributed by atoms with Crippen LogP contribution in [0.15, 0.2) is 46.1 Å². The van der Waals surface area contributed by atoms with Crippen LogP contribution in [0.25, 0.3) is 5.69 Å². The second-order valence-corrected chi connectivity index (χ2v) is 5.60. The number of piperidine rings is 1. The fourth-order valence-electron chi connectivity index (χ4n) is 2.83. The van der Waals surface area contributed by atoms with E-state index in [1.54, 1.807) is 12.1 Å². The van der Waals surface area contributed by atoms with Crippen LogP contribution in [0.3, 0.4) is 0 Å². The largest absolute Gasteiger partial charge is 0.481 e. The molecule has 7 nitrogen and oxygen atoms in total. The Morgan fingerprint density at radius 3 is 2.22 bits per heavy atom. The topological polar surface area (TPSA) is 95.4 Å². The number of H-pyrrole nitrogens is 1. The SMILES string of the molecule is O=C(O)C1CCN(c2ccc(-n3ccc(=O)[nH]c3=O)cc2)CC1. The van der Waals surface area contributed by atoms with E-state index in [1.807, 2.05) is 12.1 Å². The first-order valence-corrected chi connectivity index (χ1v) is 7.45. The highest BCUT2D eigenvalue weighted by molar-refractivity contribution is 5.70. The molecule has 2 heterocycles. The van der Waals surface area contributed by atoms with Crippen LogP contribution in [-0.2, 0) is 4.79 Å². The zero-order valence-electron chi connectivity index (χ0n) is 12.4. The van der Waals surface area contributed by atoms with Crippen LogP contribution in [0, 0.1) is 5.92 Å². The smallest absolute Gasteiger partial charge is 0.332 e. The Kier molecular flexibility index (Phi) is 4.01. The molecule has 1 fully saturated rings. The number of aliphatic carboxylic acids is 1. The number of benzene rings is 1. The number of carbonyl (C=O) groups is 1. The van der Waals surface area contributed by atoms with Gasteiger partial charge in [0.1, 0.15) is 0 Å². The van der Waals surface area contributed by atoms with E-state index < -0.39 is 17.2 Å². The van der Waals surface area contributed by atoms with Crippen LogP contribution in [0.4, 0.5) is 5.69 Å². The minimum Gasteiger partial charge on any atom is -0.481 e. The number of rotatable bonds is 3. The summed E-state index contributed by atoms with van der Waals surface area (Å²) in [6.45, 7) is 1.41. The fraction of sp³-hybridized carbons (Fsp3) is 0.312. The lowest BCUT2D eigenvalue weighted by molar-refractivity contribution is -0.142. The molecule has 0 atom stereocenters. The van der Waals surface area contributed by atoms with Crippen molar-refractivity contribution in [1.29, 1.82) is 0 Å². The van der Waals surface area contributed by atoms with Crippen molar-refractivity contribution in [2.24, 2.45) is 5.92 Å². The van der Waals surface area contributed by atoms with Crippen molar-refractivity contribution in [1.82, 2.24) is 9.55 Å². The highest BCUT2D eigenvalue weighted by Gasteiger charge is 2.24. The first kappa shape index (κ1) is 15.1. The summed E-state index contributed by atoms with van der Waals surface area (Å²) in [4.78, 5) is 38.2. The monoisotopic (exact) mass is 315 g/mol. The average molecular weight is 315 g/mol. The summed E-state index contributed by atoms with van der Waals surface area (Å²) in [6, 6.07) is 8.70. The van der Waals surface area contributed by atoms with Crippen molar-refractivity contribution < 1.29 is 9.90 Å². The van der Waals surface area contributed by atoms with Gasteiger partial charge in [-0.2, -0.15) is 0 Å². The van der Waals surface area contributed by atoms with Crippen molar-refractivity contribution >= 4 is 11.7 Å². The predicted octanol–water partition coefficient (Wildman–Crippen LogP) is 0.827. The highest BCUT2D eigenvalue weighted by atomic mass is 16.4. The predicted molar refractivity (Wildman–Crippen MR) is 85.2 cm³/mol. The molecule has 0 unspecified atom stereocenters. The van der Waals surface area contributed by atoms with Crippen molar-refractivity contribution in [3.8, 4) is 5.69 Å². The third-order valence-corrected chi connectivity index (χ3v) is 4.16. The zero-order chi connectivity index (χ0) is 16.4. The van der Waals surface area contributed by atoms with Crippen molar-refractivity contribution in [3.63, 3.8) is 0 Å². The number of hydrogen-bond acceptors (Lipinski definition) is 4. The highest BCUT2D eigenvalue weighted by Crippen LogP contribution is 2.24. The Labute approximate surface area is 131 Å². The molecular weight excluding hydrogens is 298 g/mol. The molecule has 3 rings (SSSR count). The van der Waals surface area contributed by atoms with Gasteiger partial charge in [0.15, 0.2) is 0 Å². The van der Waals surface area contributed by atoms with Gasteiger partial charge < -0.3 is 10.0 Å². The lowest BCUT2D eigenvalue weighted by Gasteiger charge is -2.32. The number of carboxylic acids is 1. The van der Waals surface area contributed by atoms with Gasteiger partial charge in [0, 0.05) is 31.0 Å². The van der Waals surface area contributed by atoms with Crippen molar-refractivity contribution in [2.45, 2.75) is 12.8 Å². The van der Waals surface area contributed by atoms with E-state index >= 15 is 0 Å². The van der Waals surface area contributed by atoms with Gasteiger partial charge in [-0.1, -0.05) is 0 Å². The summed E-state index contributed by atoms with van der Waals surface area (Å²) < 4.78 is 1.36. The number of hydrogen-bond donors (Lipinski definition) is 2. The summed E-state index contributed by atoms with van der Waals surface area (Å²) >= 11 is 0. The summed E-state index contributed by atoms with van der Waals surface area (Å²) in [6.07, 6.45) is 2.71. The minimum absolute atomic E-state index is 0.259. The Balaban J connectivity index is 1.76. The van der Waals surface area contributed by atoms with Gasteiger partial charge in [-0.3, -0.25) is 19.1 Å². The number of aromatic amines is 1. The van der Waals surface area contributed by atoms with Crippen LogP contribution in [0.5, 0.6) is 0 Å². The van der Waals surface area contributed by atoms with Gasteiger partial charge in [0.2, 0.25) is 0 Å². The van der Waals surface area contributed by atoms with Gasteiger partial charge in [-0.15, -0.1) is 0 Å². The molecule has 1 saturated heterocycles. The minimum atomic E-state index is -0.725. The second kappa shape index (κ2) is 6.12. The molecule has 23 heavy (non-hydrogen) atoms. The van der Waals surface area contributed by atoms with E-state index in [9.17, 15) is 14.4 Å². The van der Waals surface area contributed by atoms with Crippen molar-refractivity contribution in [2.75, 3.05) is 18.0 Å². The van der Waals surface area contributed by atoms with Crippen LogP contribution < -0.4 is 16.1 Å². The zero-order valence-corrected chi connectivity index (χ0v) is 12.4. The molecule has 1 aromatic heterocycles. The van der Waals surface area contributed by atoms with Crippen molar-refractivity contribution in [3.05, 3.63) is 57.4 Å². The maximum Gasteiger partial charge on any atom is 0.332 e. The van der Waals surface area contributed by atoms with E-state index in [0.29, 0.717) is 31.6 Å². The lowest BCUT2D eigenvalue weighted by Crippen LogP contribution is -2.36. The summed E-state index contributed by atoms with van der Waals surface area (Å²) in [5, 5.41) is 9.03. The van der Waals surface area contributed by atoms with Crippen LogP contribution in [0.2, 0.25) is 0 Å². The molecule has 7 heteroatoms. The Bertz CT molecular complexity index is 814. The molecule has 0 bridgehead atoms. The Morgan fingerprint density at radius 1 is 1.04 bits per heavy atom. The number of carboxylic acid groups (broad SMARTS) is 1. The first-order valence-electron chi connectivity index (χ1n) is 7.45. The molecule has 0 aliphatic carbocycles. The van der Waals surface area contributed by atoms with Crippen LogP contribution in [-0.4, -0.2) is 33.7 Å². The lowest BCUT2D eigenvalue weighted by atomic mass is 9.97. The number of aromatic nitrogens is 2. The molecule has 2 N–H and O–H groups in total. The molecule has 1 aliphatic heterocycles. The number of anilines is 1. The first-order chi connectivity index (χ1) is 11.0. The summed E-state index contributed by atoms with van der Waals surface area (Å²) in [7, 11) is 0. The fourth-order valence-corrected chi connectivity index (χ4v) is 2.83. The van der Waals surface area contributed by atoms with Crippen LogP contribution in [0.1, 0.15) is 12.8 Å². The number of nitrogens with one attached hydrogen (secondary N) is 1. The quantitative estimate of drug-likeness (QED) is 0.874. The molecule has 120 valence electrons. The second-order valence-electron chi connectivity index (χ2n) is 5.60. The maximum atomic E-state index is 11.8.